The first kappa shape index (κ1) is 20.2. The van der Waals surface area contributed by atoms with Gasteiger partial charge in [-0.2, -0.15) is 0 Å². The van der Waals surface area contributed by atoms with Crippen LogP contribution in [0.2, 0.25) is 0 Å². The maximum absolute atomic E-state index is 5.44. The van der Waals surface area contributed by atoms with Crippen molar-refractivity contribution < 1.29 is 30.5 Å². The van der Waals surface area contributed by atoms with Gasteiger partial charge in [0, 0.05) is 33.0 Å². The first-order chi connectivity index (χ1) is 12.0. The second kappa shape index (κ2) is 8.51. The molecular weight excluding hydrogens is 505 g/mol. The van der Waals surface area contributed by atoms with Gasteiger partial charge in [-0.15, -0.1) is 17.7 Å². The van der Waals surface area contributed by atoms with Crippen LogP contribution in [0.1, 0.15) is 16.7 Å². The Morgan fingerprint density at radius 3 is 2.15 bits per heavy atom. The minimum Gasteiger partial charge on any atom is -0.540 e. The molecule has 1 heterocycles. The van der Waals surface area contributed by atoms with Gasteiger partial charge in [-0.1, -0.05) is 46.0 Å². The summed E-state index contributed by atoms with van der Waals surface area (Å²) in [5, 5.41) is 0. The van der Waals surface area contributed by atoms with Gasteiger partial charge in [0.1, 0.15) is 5.75 Å². The van der Waals surface area contributed by atoms with E-state index in [1.54, 1.807) is 20.4 Å². The average Bonchev–Trinajstić information content (AvgIpc) is 2.60. The number of rotatable bonds is 4. The van der Waals surface area contributed by atoms with Gasteiger partial charge in [0.2, 0.25) is 0 Å². The Hall–Kier alpha value is -2.12. The summed E-state index contributed by atoms with van der Waals surface area (Å²) < 4.78 is 10.8. The SMILES string of the molecule is COc1ccnc(-c2[c-]cc(OC)cc2-c2c(C)cc(C)cc2C)c1.[Pt]. The second-order valence-corrected chi connectivity index (χ2v) is 6.18. The van der Waals surface area contributed by atoms with Gasteiger partial charge < -0.3 is 14.5 Å². The van der Waals surface area contributed by atoms with Crippen LogP contribution in [0, 0.1) is 26.8 Å². The maximum atomic E-state index is 5.44. The number of aromatic nitrogens is 1. The zero-order chi connectivity index (χ0) is 18.0. The molecule has 0 N–H and O–H groups in total. The van der Waals surface area contributed by atoms with E-state index in [-0.39, 0.29) is 21.1 Å². The monoisotopic (exact) mass is 527 g/mol. The normalized spacial score (nSPS) is 10.2. The van der Waals surface area contributed by atoms with Crippen LogP contribution >= 0.6 is 0 Å². The quantitative estimate of drug-likeness (QED) is 0.440. The minimum absolute atomic E-state index is 0. The van der Waals surface area contributed by atoms with Gasteiger partial charge >= 0.3 is 0 Å². The molecule has 0 aliphatic heterocycles. The van der Waals surface area contributed by atoms with Gasteiger partial charge in [0.05, 0.1) is 14.2 Å². The topological polar surface area (TPSA) is 31.4 Å². The van der Waals surface area contributed by atoms with Crippen molar-refractivity contribution in [3.05, 3.63) is 65.4 Å². The Bertz CT molecular complexity index is 899. The van der Waals surface area contributed by atoms with E-state index in [0.717, 1.165) is 28.3 Å². The van der Waals surface area contributed by atoms with Crippen molar-refractivity contribution in [2.45, 2.75) is 20.8 Å². The molecule has 0 spiro atoms. The minimum atomic E-state index is 0. The van der Waals surface area contributed by atoms with Crippen molar-refractivity contribution in [2.75, 3.05) is 14.2 Å². The van der Waals surface area contributed by atoms with Crippen LogP contribution in [-0.2, 0) is 21.1 Å². The fourth-order valence-corrected chi connectivity index (χ4v) is 3.28. The van der Waals surface area contributed by atoms with Gasteiger partial charge in [0.25, 0.3) is 0 Å². The molecule has 2 aromatic carbocycles. The average molecular weight is 528 g/mol. The van der Waals surface area contributed by atoms with E-state index in [4.69, 9.17) is 9.47 Å². The molecule has 0 fully saturated rings. The van der Waals surface area contributed by atoms with Crippen LogP contribution in [0.25, 0.3) is 22.4 Å². The molecule has 0 bridgehead atoms. The van der Waals surface area contributed by atoms with Gasteiger partial charge in [-0.25, -0.2) is 0 Å². The number of nitrogens with zero attached hydrogens (tertiary/aromatic N) is 1. The van der Waals surface area contributed by atoms with E-state index in [9.17, 15) is 0 Å². The molecule has 138 valence electrons. The van der Waals surface area contributed by atoms with E-state index >= 15 is 0 Å². The molecule has 3 aromatic rings. The molecule has 0 unspecified atom stereocenters. The maximum Gasteiger partial charge on any atom is 0.113 e. The third kappa shape index (κ3) is 3.99. The van der Waals surface area contributed by atoms with E-state index < -0.39 is 0 Å². The van der Waals surface area contributed by atoms with Crippen molar-refractivity contribution in [1.82, 2.24) is 4.98 Å². The first-order valence-corrected chi connectivity index (χ1v) is 8.22. The van der Waals surface area contributed by atoms with Gasteiger partial charge in [-0.3, -0.25) is 0 Å². The molecule has 4 heteroatoms. The molecule has 1 aromatic heterocycles. The molecule has 0 aliphatic carbocycles. The van der Waals surface area contributed by atoms with Crippen molar-refractivity contribution in [3.63, 3.8) is 0 Å². The Labute approximate surface area is 169 Å². The first-order valence-electron chi connectivity index (χ1n) is 8.22. The largest absolute Gasteiger partial charge is 0.540 e. The molecule has 0 atom stereocenters. The smallest absolute Gasteiger partial charge is 0.113 e. The molecule has 0 amide bonds. The number of aryl methyl sites for hydroxylation is 3. The molecule has 3 rings (SSSR count). The van der Waals surface area contributed by atoms with Crippen LogP contribution in [0.4, 0.5) is 0 Å². The van der Waals surface area contributed by atoms with E-state index in [1.165, 1.54) is 22.3 Å². The summed E-state index contributed by atoms with van der Waals surface area (Å²) in [6.45, 7) is 6.39. The van der Waals surface area contributed by atoms with Crippen LogP contribution in [0.3, 0.4) is 0 Å². The molecule has 0 saturated heterocycles. The van der Waals surface area contributed by atoms with Crippen LogP contribution in [0.5, 0.6) is 11.5 Å². The molecule has 3 nitrogen and oxygen atoms in total. The van der Waals surface area contributed by atoms with E-state index in [2.05, 4.69) is 50.0 Å². The molecular formula is C22H22NO2Pt-. The van der Waals surface area contributed by atoms with E-state index in [0.29, 0.717) is 0 Å². The summed E-state index contributed by atoms with van der Waals surface area (Å²) in [7, 11) is 3.33. The van der Waals surface area contributed by atoms with Crippen LogP contribution < -0.4 is 9.47 Å². The third-order valence-electron chi connectivity index (χ3n) is 4.32. The van der Waals surface area contributed by atoms with Crippen LogP contribution in [0.15, 0.2) is 42.6 Å². The van der Waals surface area contributed by atoms with Crippen molar-refractivity contribution in [3.8, 4) is 33.9 Å². The Morgan fingerprint density at radius 1 is 0.885 bits per heavy atom. The predicted octanol–water partition coefficient (Wildman–Crippen LogP) is 5.16. The van der Waals surface area contributed by atoms with Crippen molar-refractivity contribution in [2.24, 2.45) is 0 Å². The van der Waals surface area contributed by atoms with Gasteiger partial charge in [-0.05, 0) is 38.6 Å². The summed E-state index contributed by atoms with van der Waals surface area (Å²) in [6.07, 6.45) is 1.75. The number of ether oxygens (including phenoxy) is 2. The zero-order valence-corrected chi connectivity index (χ0v) is 17.9. The summed E-state index contributed by atoms with van der Waals surface area (Å²) >= 11 is 0. The summed E-state index contributed by atoms with van der Waals surface area (Å²) in [6, 6.07) is 15.4. The van der Waals surface area contributed by atoms with Gasteiger partial charge in [0.15, 0.2) is 0 Å². The number of hydrogen-bond acceptors (Lipinski definition) is 3. The Kier molecular flexibility index (Phi) is 6.61. The number of pyridine rings is 1. The molecule has 0 aliphatic rings. The second-order valence-electron chi connectivity index (χ2n) is 6.18. The Morgan fingerprint density at radius 2 is 1.54 bits per heavy atom. The Balaban J connectivity index is 0.00000243. The molecule has 26 heavy (non-hydrogen) atoms. The summed E-state index contributed by atoms with van der Waals surface area (Å²) in [5.41, 5.74) is 7.74. The summed E-state index contributed by atoms with van der Waals surface area (Å²) in [5.74, 6) is 1.55. The fourth-order valence-electron chi connectivity index (χ4n) is 3.28. The number of hydrogen-bond donors (Lipinski definition) is 0. The summed E-state index contributed by atoms with van der Waals surface area (Å²) in [4.78, 5) is 4.52. The number of benzene rings is 2. The van der Waals surface area contributed by atoms with Crippen molar-refractivity contribution >= 4 is 0 Å². The number of methoxy groups -OCH3 is 2. The fraction of sp³-hybridized carbons (Fsp3) is 0.227. The zero-order valence-electron chi connectivity index (χ0n) is 15.6. The van der Waals surface area contributed by atoms with Crippen LogP contribution in [-0.4, -0.2) is 19.2 Å². The standard InChI is InChI=1S/C22H22NO2.Pt/c1-14-10-15(2)22(16(3)11-14)20-12-17(24-4)6-7-19(20)21-13-18(25-5)8-9-23-21;/h6,8-13H,1-5H3;/q-1;. The van der Waals surface area contributed by atoms with E-state index in [1.807, 2.05) is 18.2 Å². The molecule has 0 radical (unpaired) electrons. The molecule has 0 saturated carbocycles. The predicted molar refractivity (Wildman–Crippen MR) is 101 cm³/mol. The van der Waals surface area contributed by atoms with Crippen molar-refractivity contribution in [1.29, 1.82) is 0 Å². The third-order valence-corrected chi connectivity index (χ3v) is 4.32.